The van der Waals surface area contributed by atoms with E-state index in [0.717, 1.165) is 6.42 Å². The van der Waals surface area contributed by atoms with E-state index in [2.05, 4.69) is 5.32 Å². The first-order valence-corrected chi connectivity index (χ1v) is 5.88. The zero-order chi connectivity index (χ0) is 12.7. The molecule has 0 aliphatic carbocycles. The van der Waals surface area contributed by atoms with Gasteiger partial charge < -0.3 is 10.4 Å². The molecular formula is C12H23FmNO3. The van der Waals surface area contributed by atoms with E-state index in [0.29, 0.717) is 12.8 Å². The van der Waals surface area contributed by atoms with Gasteiger partial charge in [0.1, 0.15) is 0 Å². The van der Waals surface area contributed by atoms with Gasteiger partial charge >= 0.3 is 5.97 Å². The Balaban J connectivity index is 0. The minimum atomic E-state index is -0.865. The van der Waals surface area contributed by atoms with Gasteiger partial charge in [0.2, 0.25) is 5.91 Å². The summed E-state index contributed by atoms with van der Waals surface area (Å²) in [4.78, 5) is 22.8. The maximum Gasteiger partial charge on any atom is 0.307 e. The number of hydrogen-bond acceptors (Lipinski definition) is 2. The van der Waals surface area contributed by atoms with Gasteiger partial charge in [-0.25, -0.2) is 0 Å². The van der Waals surface area contributed by atoms with Crippen molar-refractivity contribution < 1.29 is 14.7 Å². The molecule has 0 aromatic rings. The van der Waals surface area contributed by atoms with Crippen molar-refractivity contribution in [3.63, 3.8) is 0 Å². The smallest absolute Gasteiger partial charge is 0.307 e. The summed E-state index contributed by atoms with van der Waals surface area (Å²) in [6.07, 6.45) is 2.00. The van der Waals surface area contributed by atoms with Gasteiger partial charge in [-0.1, -0.05) is 27.2 Å². The van der Waals surface area contributed by atoms with Gasteiger partial charge in [-0.05, 0) is 18.8 Å². The second kappa shape index (κ2) is 8.13. The van der Waals surface area contributed by atoms with Gasteiger partial charge in [0.15, 0.2) is 0 Å². The average Bonchev–Trinajstić information content (AvgIpc) is 2.21. The van der Waals surface area contributed by atoms with E-state index >= 15 is 0 Å². The van der Waals surface area contributed by atoms with E-state index in [4.69, 9.17) is 0 Å². The summed E-state index contributed by atoms with van der Waals surface area (Å²) < 4.78 is 0. The summed E-state index contributed by atoms with van der Waals surface area (Å²) in [6.45, 7) is 5.91. The van der Waals surface area contributed by atoms with Crippen LogP contribution in [0.4, 0.5) is 0 Å². The van der Waals surface area contributed by atoms with Crippen LogP contribution in [0.2, 0.25) is 0 Å². The summed E-state index contributed by atoms with van der Waals surface area (Å²) in [7, 11) is 1.55. The molecule has 0 spiro atoms. The summed E-state index contributed by atoms with van der Waals surface area (Å²) in [5, 5.41) is 11.7. The molecule has 0 saturated carbocycles. The number of nitrogens with one attached hydrogen (secondary N) is 1. The van der Waals surface area contributed by atoms with E-state index in [1.54, 1.807) is 7.05 Å². The quantitative estimate of drug-likeness (QED) is 0.578. The molecule has 5 heteroatoms. The number of carboxylic acids is 1. The third kappa shape index (κ3) is 5.54. The predicted octanol–water partition coefficient (Wildman–Crippen LogP) is 1.90. The normalized spacial score (nSPS) is 13.7. The van der Waals surface area contributed by atoms with Crippen LogP contribution in [0.1, 0.15) is 40.0 Å². The van der Waals surface area contributed by atoms with Crippen molar-refractivity contribution in [2.45, 2.75) is 40.0 Å². The Morgan fingerprint density at radius 1 is 1.24 bits per heavy atom. The first kappa shape index (κ1) is 17.3. The van der Waals surface area contributed by atoms with E-state index < -0.39 is 17.8 Å². The van der Waals surface area contributed by atoms with Crippen molar-refractivity contribution in [2.24, 2.45) is 17.8 Å². The predicted molar refractivity (Wildman–Crippen MR) is 63.0 cm³/mol. The second-order valence-corrected chi connectivity index (χ2v) is 4.58. The van der Waals surface area contributed by atoms with E-state index in [1.165, 1.54) is 0 Å². The number of hydrogen-bond donors (Lipinski definition) is 2. The second-order valence-electron chi connectivity index (χ2n) is 4.58. The topological polar surface area (TPSA) is 66.4 Å². The largest absolute Gasteiger partial charge is 0.481 e. The van der Waals surface area contributed by atoms with Crippen LogP contribution >= 0.6 is 0 Å². The maximum absolute atomic E-state index is 11.7. The zero-order valence-electron chi connectivity index (χ0n) is 10.9. The van der Waals surface area contributed by atoms with Crippen LogP contribution in [0.5, 0.6) is 0 Å². The van der Waals surface area contributed by atoms with Crippen molar-refractivity contribution in [1.82, 2.24) is 5.32 Å². The Morgan fingerprint density at radius 3 is 2.06 bits per heavy atom. The van der Waals surface area contributed by atoms with E-state index in [9.17, 15) is 14.7 Å². The molecule has 0 bridgehead atoms. The van der Waals surface area contributed by atoms with Crippen LogP contribution in [0.3, 0.4) is 0 Å². The average molecular weight is 486 g/mol. The third-order valence-electron chi connectivity index (χ3n) is 2.71. The molecule has 0 radical (unpaired) electrons. The van der Waals surface area contributed by atoms with Gasteiger partial charge in [0.05, 0.1) is 11.8 Å². The van der Waals surface area contributed by atoms with Crippen molar-refractivity contribution in [2.75, 3.05) is 7.05 Å². The molecule has 4 nitrogen and oxygen atoms in total. The fourth-order valence-corrected chi connectivity index (χ4v) is 1.96. The SMILES string of the molecule is CCC[C@H](C(=O)NC)[C@@H](CC(C)C)C(=O)O.[Fm]. The first-order valence-electron chi connectivity index (χ1n) is 5.88. The Hall–Kier alpha value is -2.06. The van der Waals surface area contributed by atoms with E-state index in [1.807, 2.05) is 20.8 Å². The standard InChI is InChI=1S/C12H23NO3.Fm/c1-5-6-9(11(14)13-4)10(12(15)16)7-8(2)3;/h8-10H,5-7H2,1-4H3,(H,13,14)(H,15,16);/t9-,10+;/m0./s1. The molecule has 17 heavy (non-hydrogen) atoms. The number of amides is 1. The minimum Gasteiger partial charge on any atom is -0.481 e. The zero-order valence-corrected chi connectivity index (χ0v) is 13.3. The van der Waals surface area contributed by atoms with Crippen molar-refractivity contribution in [3.8, 4) is 0 Å². The molecule has 0 aliphatic rings. The molecular weight excluding hydrogens is 463 g/mol. The molecule has 0 fully saturated rings. The number of aliphatic carboxylic acids is 1. The van der Waals surface area contributed by atoms with Crippen molar-refractivity contribution in [3.05, 3.63) is 0 Å². The summed E-state index contributed by atoms with van der Waals surface area (Å²) >= 11 is 0. The molecule has 0 aliphatic heterocycles. The summed E-state index contributed by atoms with van der Waals surface area (Å²) in [6, 6.07) is 0. The first-order chi connectivity index (χ1) is 7.43. The van der Waals surface area contributed by atoms with E-state index in [-0.39, 0.29) is 11.8 Å². The number of carbonyl (C=O) groups is 2. The molecule has 0 rings (SSSR count). The number of carboxylic acid groups (broad SMARTS) is 1. The maximum atomic E-state index is 11.7. The molecule has 0 unspecified atom stereocenters. The van der Waals surface area contributed by atoms with Crippen LogP contribution in [-0.2, 0) is 9.59 Å². The van der Waals surface area contributed by atoms with Gasteiger partial charge in [-0.2, -0.15) is 0 Å². The fourth-order valence-electron chi connectivity index (χ4n) is 1.96. The number of rotatable bonds is 7. The molecule has 2 atom stereocenters. The van der Waals surface area contributed by atoms with Crippen LogP contribution in [0.25, 0.3) is 0 Å². The molecule has 0 saturated heterocycles. The van der Waals surface area contributed by atoms with Crippen molar-refractivity contribution >= 4 is 11.9 Å². The van der Waals surface area contributed by atoms with Crippen LogP contribution in [0.15, 0.2) is 0 Å². The summed E-state index contributed by atoms with van der Waals surface area (Å²) in [5.74, 6) is -1.72. The van der Waals surface area contributed by atoms with Crippen LogP contribution < -0.4 is 5.32 Å². The van der Waals surface area contributed by atoms with Crippen LogP contribution in [-0.4, -0.2) is 24.0 Å². The Morgan fingerprint density at radius 2 is 1.76 bits per heavy atom. The minimum absolute atomic E-state index is 0. The van der Waals surface area contributed by atoms with Gasteiger partial charge in [-0.15, -0.1) is 0 Å². The Bertz CT molecular complexity index is 244. The molecule has 0 aromatic carbocycles. The Labute approximate surface area is 97.4 Å². The monoisotopic (exact) mass is 486 g/mol. The third-order valence-corrected chi connectivity index (χ3v) is 2.71. The van der Waals surface area contributed by atoms with Crippen molar-refractivity contribution in [1.29, 1.82) is 0 Å². The Kier molecular flexibility index (Phi) is 8.30. The molecule has 1 amide bonds. The molecule has 106 valence electrons. The molecule has 0 aromatic heterocycles. The fraction of sp³-hybridized carbons (Fsp3) is 0.833. The van der Waals surface area contributed by atoms with Crippen LogP contribution in [0, 0.1) is 17.8 Å². The summed E-state index contributed by atoms with van der Waals surface area (Å²) in [5.41, 5.74) is 0. The molecule has 0 heterocycles. The number of carbonyl (C=O) groups excluding carboxylic acids is 1. The van der Waals surface area contributed by atoms with Gasteiger partial charge in [0.25, 0.3) is 0 Å². The van der Waals surface area contributed by atoms with Gasteiger partial charge in [-0.3, -0.25) is 9.59 Å². The van der Waals surface area contributed by atoms with Gasteiger partial charge in [0, 0.05) is 7.05 Å². The molecule has 2 N–H and O–H groups in total.